The van der Waals surface area contributed by atoms with Gasteiger partial charge in [0, 0.05) is 29.2 Å². The molecule has 0 saturated heterocycles. The molecule has 5 nitrogen and oxygen atoms in total. The molecule has 2 aromatic carbocycles. The fourth-order valence-corrected chi connectivity index (χ4v) is 3.08. The highest BCUT2D eigenvalue weighted by Crippen LogP contribution is 2.32. The number of hydrogen-bond acceptors (Lipinski definition) is 3. The van der Waals surface area contributed by atoms with E-state index in [9.17, 15) is 14.7 Å². The van der Waals surface area contributed by atoms with Crippen molar-refractivity contribution in [3.05, 3.63) is 64.7 Å². The van der Waals surface area contributed by atoms with E-state index in [-0.39, 0.29) is 24.8 Å². The minimum absolute atomic E-state index is 0.0306. The molecule has 0 saturated carbocycles. The lowest BCUT2D eigenvalue weighted by molar-refractivity contribution is -0.126. The number of aliphatic hydroxyl groups is 1. The maximum absolute atomic E-state index is 12.5. The van der Waals surface area contributed by atoms with Crippen molar-refractivity contribution < 1.29 is 14.7 Å². The lowest BCUT2D eigenvalue weighted by atomic mass is 9.90. The van der Waals surface area contributed by atoms with Crippen molar-refractivity contribution >= 4 is 29.1 Å². The van der Waals surface area contributed by atoms with Crippen LogP contribution >= 0.6 is 11.6 Å². The van der Waals surface area contributed by atoms with Gasteiger partial charge in [0.1, 0.15) is 0 Å². The van der Waals surface area contributed by atoms with Crippen molar-refractivity contribution in [2.75, 3.05) is 11.9 Å². The summed E-state index contributed by atoms with van der Waals surface area (Å²) in [6, 6.07) is 14.2. The lowest BCUT2D eigenvalue weighted by Crippen LogP contribution is -2.36. The normalized spacial score (nSPS) is 17.6. The van der Waals surface area contributed by atoms with Gasteiger partial charge in [0.25, 0.3) is 0 Å². The summed E-state index contributed by atoms with van der Waals surface area (Å²) in [5.41, 5.74) is 1.99. The molecule has 1 aliphatic rings. The number of benzene rings is 2. The summed E-state index contributed by atoms with van der Waals surface area (Å²) in [5.74, 6) is -1.04. The largest absolute Gasteiger partial charge is 0.387 e. The zero-order valence-electron chi connectivity index (χ0n) is 12.8. The number of aliphatic hydroxyl groups excluding tert-OH is 1. The molecular weight excluding hydrogens is 328 g/mol. The predicted octanol–water partition coefficient (Wildman–Crippen LogP) is 2.62. The van der Waals surface area contributed by atoms with Crippen molar-refractivity contribution in [2.24, 2.45) is 0 Å². The maximum Gasteiger partial charge on any atom is 0.228 e. The molecule has 24 heavy (non-hydrogen) atoms. The van der Waals surface area contributed by atoms with Crippen molar-refractivity contribution in [1.82, 2.24) is 5.32 Å². The molecule has 3 rings (SSSR count). The number of halogens is 1. The van der Waals surface area contributed by atoms with Gasteiger partial charge in [0.05, 0.1) is 12.0 Å². The highest BCUT2D eigenvalue weighted by atomic mass is 35.5. The summed E-state index contributed by atoms with van der Waals surface area (Å²) in [4.78, 5) is 24.3. The van der Waals surface area contributed by atoms with Crippen molar-refractivity contribution in [1.29, 1.82) is 0 Å². The van der Waals surface area contributed by atoms with Gasteiger partial charge in [0.2, 0.25) is 11.8 Å². The minimum atomic E-state index is -0.907. The van der Waals surface area contributed by atoms with Crippen LogP contribution in [-0.2, 0) is 9.59 Å². The number of hydrogen-bond donors (Lipinski definition) is 3. The van der Waals surface area contributed by atoms with Gasteiger partial charge in [-0.3, -0.25) is 9.59 Å². The van der Waals surface area contributed by atoms with E-state index < -0.39 is 12.0 Å². The Bertz CT molecular complexity index is 778. The Labute approximate surface area is 144 Å². The van der Waals surface area contributed by atoms with Crippen LogP contribution in [0.5, 0.6) is 0 Å². The molecule has 0 bridgehead atoms. The monoisotopic (exact) mass is 344 g/mol. The Hall–Kier alpha value is -2.37. The molecule has 124 valence electrons. The average molecular weight is 345 g/mol. The van der Waals surface area contributed by atoms with Crippen molar-refractivity contribution in [3.8, 4) is 0 Å². The Morgan fingerprint density at radius 3 is 2.75 bits per heavy atom. The van der Waals surface area contributed by atoms with E-state index in [1.165, 1.54) is 0 Å². The van der Waals surface area contributed by atoms with E-state index >= 15 is 0 Å². The zero-order chi connectivity index (χ0) is 17.1. The fourth-order valence-electron chi connectivity index (χ4n) is 2.82. The molecule has 3 N–H and O–H groups in total. The van der Waals surface area contributed by atoms with Gasteiger partial charge in [-0.2, -0.15) is 0 Å². The van der Waals surface area contributed by atoms with Gasteiger partial charge in [-0.1, -0.05) is 48.0 Å². The zero-order valence-corrected chi connectivity index (χ0v) is 13.6. The number of carbonyl (C=O) groups excluding carboxylic acids is 2. The first-order valence-corrected chi connectivity index (χ1v) is 8.03. The van der Waals surface area contributed by atoms with E-state index in [1.54, 1.807) is 36.4 Å². The van der Waals surface area contributed by atoms with Gasteiger partial charge in [0.15, 0.2) is 0 Å². The third kappa shape index (κ3) is 3.42. The van der Waals surface area contributed by atoms with E-state index in [2.05, 4.69) is 10.6 Å². The van der Waals surface area contributed by atoms with Crippen LogP contribution in [0.3, 0.4) is 0 Å². The first-order valence-electron chi connectivity index (χ1n) is 7.65. The first-order chi connectivity index (χ1) is 11.6. The molecule has 2 amide bonds. The van der Waals surface area contributed by atoms with Crippen molar-refractivity contribution in [2.45, 2.75) is 18.4 Å². The second-order valence-electron chi connectivity index (χ2n) is 5.67. The molecule has 2 atom stereocenters. The topological polar surface area (TPSA) is 78.4 Å². The summed E-state index contributed by atoms with van der Waals surface area (Å²) in [6.07, 6.45) is -0.819. The van der Waals surface area contributed by atoms with Crippen LogP contribution in [0, 0.1) is 0 Å². The van der Waals surface area contributed by atoms with Gasteiger partial charge in [-0.05, 0) is 17.7 Å². The summed E-state index contributed by atoms with van der Waals surface area (Å²) >= 11 is 6.04. The molecule has 0 radical (unpaired) electrons. The molecule has 0 aliphatic carbocycles. The van der Waals surface area contributed by atoms with Crippen LogP contribution in [0.1, 0.15) is 29.6 Å². The predicted molar refractivity (Wildman–Crippen MR) is 91.9 cm³/mol. The van der Waals surface area contributed by atoms with Crippen LogP contribution in [0.15, 0.2) is 48.5 Å². The van der Waals surface area contributed by atoms with Gasteiger partial charge >= 0.3 is 0 Å². The number of para-hydroxylation sites is 1. The minimum Gasteiger partial charge on any atom is -0.387 e. The van der Waals surface area contributed by atoms with Crippen molar-refractivity contribution in [3.63, 3.8) is 0 Å². The molecular formula is C18H17ClN2O3. The van der Waals surface area contributed by atoms with Crippen LogP contribution in [0.25, 0.3) is 0 Å². The molecule has 2 unspecified atom stereocenters. The highest BCUT2D eigenvalue weighted by molar-refractivity contribution is 6.31. The van der Waals surface area contributed by atoms with E-state index in [0.29, 0.717) is 16.3 Å². The number of fused-ring (bicyclic) bond motifs is 1. The summed E-state index contributed by atoms with van der Waals surface area (Å²) in [6.45, 7) is 0.0306. The smallest absolute Gasteiger partial charge is 0.228 e. The molecule has 1 heterocycles. The summed E-state index contributed by atoms with van der Waals surface area (Å²) < 4.78 is 0. The average Bonchev–Trinajstić information content (AvgIpc) is 2.59. The quantitative estimate of drug-likeness (QED) is 0.797. The summed E-state index contributed by atoms with van der Waals surface area (Å²) in [7, 11) is 0. The van der Waals surface area contributed by atoms with Gasteiger partial charge < -0.3 is 15.7 Å². The Balaban J connectivity index is 1.70. The van der Waals surface area contributed by atoms with E-state index in [0.717, 1.165) is 5.56 Å². The Morgan fingerprint density at radius 2 is 1.96 bits per heavy atom. The molecule has 0 aromatic heterocycles. The maximum atomic E-state index is 12.5. The number of rotatable bonds is 4. The highest BCUT2D eigenvalue weighted by Gasteiger charge is 2.30. The Kier molecular flexibility index (Phi) is 4.83. The number of carbonyl (C=O) groups is 2. The van der Waals surface area contributed by atoms with Gasteiger partial charge in [-0.25, -0.2) is 0 Å². The van der Waals surface area contributed by atoms with Crippen LogP contribution in [0.4, 0.5) is 5.69 Å². The summed E-state index contributed by atoms with van der Waals surface area (Å²) in [5, 5.41) is 16.1. The first kappa shape index (κ1) is 16.5. The Morgan fingerprint density at radius 1 is 1.25 bits per heavy atom. The standard InChI is InChI=1S/C18H17ClN2O3/c19-14-7-3-1-6-12(14)16(22)10-20-18(24)13-9-17(23)21-15-8-4-2-5-11(13)15/h1-8,13,16,22H,9-10H2,(H,20,24)(H,21,23). The molecule has 0 spiro atoms. The third-order valence-electron chi connectivity index (χ3n) is 4.05. The van der Waals surface area contributed by atoms with Gasteiger partial charge in [-0.15, -0.1) is 0 Å². The molecule has 6 heteroatoms. The van der Waals surface area contributed by atoms with E-state index in [4.69, 9.17) is 11.6 Å². The fraction of sp³-hybridized carbons (Fsp3) is 0.222. The van der Waals surface area contributed by atoms with Crippen LogP contribution < -0.4 is 10.6 Å². The number of nitrogens with one attached hydrogen (secondary N) is 2. The third-order valence-corrected chi connectivity index (χ3v) is 4.39. The molecule has 0 fully saturated rings. The number of amides is 2. The van der Waals surface area contributed by atoms with Crippen LogP contribution in [0.2, 0.25) is 5.02 Å². The lowest BCUT2D eigenvalue weighted by Gasteiger charge is -2.25. The second-order valence-corrected chi connectivity index (χ2v) is 6.08. The SMILES string of the molecule is O=C1CC(C(=O)NCC(O)c2ccccc2Cl)c2ccccc2N1. The van der Waals surface area contributed by atoms with E-state index in [1.807, 2.05) is 12.1 Å². The molecule has 1 aliphatic heterocycles. The van der Waals surface area contributed by atoms with Crippen LogP contribution in [-0.4, -0.2) is 23.5 Å². The second kappa shape index (κ2) is 7.03. The number of anilines is 1. The molecule has 2 aromatic rings.